The lowest BCUT2D eigenvalue weighted by atomic mass is 10.0. The number of amides is 1. The van der Waals surface area contributed by atoms with Crippen LogP contribution in [0.25, 0.3) is 10.8 Å². The fourth-order valence-electron chi connectivity index (χ4n) is 5.33. The molecule has 8 nitrogen and oxygen atoms in total. The molecule has 36 heavy (non-hydrogen) atoms. The number of ether oxygens (including phenoxy) is 1. The summed E-state index contributed by atoms with van der Waals surface area (Å²) < 4.78 is 5.49. The number of hydrogen-bond acceptors (Lipinski definition) is 7. The summed E-state index contributed by atoms with van der Waals surface area (Å²) in [6.45, 7) is 8.91. The Hall–Kier alpha value is -4.12. The smallest absolute Gasteiger partial charge is 0.318 e. The molecule has 0 saturated carbocycles. The minimum atomic E-state index is -0.218. The predicted octanol–water partition coefficient (Wildman–Crippen LogP) is 3.63. The molecule has 0 bridgehead atoms. The van der Waals surface area contributed by atoms with Gasteiger partial charge in [-0.25, -0.2) is 0 Å². The van der Waals surface area contributed by atoms with Gasteiger partial charge in [-0.15, -0.1) is 0 Å². The molecule has 8 heteroatoms. The molecule has 3 aromatic rings. The van der Waals surface area contributed by atoms with Crippen LogP contribution >= 0.6 is 0 Å². The van der Waals surface area contributed by atoms with E-state index in [9.17, 15) is 10.1 Å². The maximum absolute atomic E-state index is 12.3. The van der Waals surface area contributed by atoms with E-state index < -0.39 is 0 Å². The lowest BCUT2D eigenvalue weighted by Crippen LogP contribution is -2.55. The summed E-state index contributed by atoms with van der Waals surface area (Å²) in [5.74, 6) is 0.706. The molecular weight excluding hydrogens is 452 g/mol. The number of carbonyl (C=O) groups excluding carboxylic acids is 1. The van der Waals surface area contributed by atoms with Gasteiger partial charge in [-0.3, -0.25) is 4.79 Å². The van der Waals surface area contributed by atoms with E-state index in [-0.39, 0.29) is 18.4 Å². The number of benzene rings is 2. The zero-order chi connectivity index (χ0) is 25.2. The van der Waals surface area contributed by atoms with E-state index in [4.69, 9.17) is 14.7 Å². The molecule has 2 aromatic carbocycles. The minimum Gasteiger partial charge on any atom is -0.467 e. The van der Waals surface area contributed by atoms with Crippen LogP contribution in [0.4, 0.5) is 11.5 Å². The number of rotatable bonds is 5. The average Bonchev–Trinajstić information content (AvgIpc) is 2.91. The van der Waals surface area contributed by atoms with Gasteiger partial charge in [0.2, 0.25) is 5.91 Å². The Kier molecular flexibility index (Phi) is 6.47. The van der Waals surface area contributed by atoms with Crippen LogP contribution in [0, 0.1) is 18.3 Å². The molecule has 1 amide bonds. The van der Waals surface area contributed by atoms with Crippen LogP contribution in [-0.2, 0) is 17.8 Å². The van der Waals surface area contributed by atoms with Crippen LogP contribution in [0.5, 0.6) is 6.01 Å². The van der Waals surface area contributed by atoms with Crippen LogP contribution in [0.1, 0.15) is 23.2 Å². The Bertz CT molecular complexity index is 1360. The first-order chi connectivity index (χ1) is 17.5. The number of fused-ring (bicyclic) bond motifs is 2. The van der Waals surface area contributed by atoms with Gasteiger partial charge in [-0.05, 0) is 36.9 Å². The lowest BCUT2D eigenvalue weighted by Gasteiger charge is -2.42. The zero-order valence-corrected chi connectivity index (χ0v) is 20.8. The molecule has 184 valence electrons. The first-order valence-corrected chi connectivity index (χ1v) is 12.3. The van der Waals surface area contributed by atoms with Crippen molar-refractivity contribution in [3.63, 3.8) is 0 Å². The largest absolute Gasteiger partial charge is 0.467 e. The highest BCUT2D eigenvalue weighted by Gasteiger charge is 2.33. The summed E-state index contributed by atoms with van der Waals surface area (Å²) in [6, 6.07) is 15.3. The molecular formula is C28H30N6O2. The van der Waals surface area contributed by atoms with Gasteiger partial charge >= 0.3 is 6.01 Å². The van der Waals surface area contributed by atoms with Crippen molar-refractivity contribution in [3.05, 3.63) is 65.9 Å². The van der Waals surface area contributed by atoms with Gasteiger partial charge in [0, 0.05) is 42.8 Å². The Labute approximate surface area is 211 Å². The van der Waals surface area contributed by atoms with Gasteiger partial charge in [0.05, 0.1) is 37.9 Å². The Morgan fingerprint density at radius 3 is 2.86 bits per heavy atom. The molecule has 1 unspecified atom stereocenters. The van der Waals surface area contributed by atoms with Gasteiger partial charge in [0.25, 0.3) is 0 Å². The summed E-state index contributed by atoms with van der Waals surface area (Å²) in [4.78, 5) is 28.1. The molecule has 5 rings (SSSR count). The van der Waals surface area contributed by atoms with Crippen LogP contribution in [0.3, 0.4) is 0 Å². The monoisotopic (exact) mass is 482 g/mol. The van der Waals surface area contributed by atoms with E-state index in [0.717, 1.165) is 30.0 Å². The summed E-state index contributed by atoms with van der Waals surface area (Å²) in [5.41, 5.74) is 4.50. The zero-order valence-electron chi connectivity index (χ0n) is 20.8. The number of methoxy groups -OCH3 is 1. The van der Waals surface area contributed by atoms with Crippen LogP contribution in [0.2, 0.25) is 0 Å². The highest BCUT2D eigenvalue weighted by atomic mass is 16.5. The molecule has 1 saturated heterocycles. The van der Waals surface area contributed by atoms with Gasteiger partial charge in [-0.2, -0.15) is 15.2 Å². The van der Waals surface area contributed by atoms with Gasteiger partial charge in [0.1, 0.15) is 5.82 Å². The molecule has 0 aliphatic carbocycles. The first kappa shape index (κ1) is 23.6. The van der Waals surface area contributed by atoms with Crippen LogP contribution < -0.4 is 14.5 Å². The van der Waals surface area contributed by atoms with Crippen molar-refractivity contribution in [3.8, 4) is 12.1 Å². The molecule has 0 radical (unpaired) electrons. The normalized spacial score (nSPS) is 17.5. The fourth-order valence-corrected chi connectivity index (χ4v) is 5.33. The summed E-state index contributed by atoms with van der Waals surface area (Å²) in [6.07, 6.45) is 2.37. The highest BCUT2D eigenvalue weighted by Crippen LogP contribution is 2.35. The number of carbonyl (C=O) groups is 1. The quantitative estimate of drug-likeness (QED) is 0.514. The summed E-state index contributed by atoms with van der Waals surface area (Å²) >= 11 is 0. The van der Waals surface area contributed by atoms with Crippen molar-refractivity contribution < 1.29 is 9.53 Å². The second-order valence-corrected chi connectivity index (χ2v) is 9.33. The molecule has 1 atom stereocenters. The number of aromatic nitrogens is 2. The molecule has 0 N–H and O–H groups in total. The third-order valence-electron chi connectivity index (χ3n) is 7.13. The van der Waals surface area contributed by atoms with E-state index in [2.05, 4.69) is 65.8 Å². The fraction of sp³-hybridized carbons (Fsp3) is 0.357. The number of nitriles is 1. The average molecular weight is 483 g/mol. The summed E-state index contributed by atoms with van der Waals surface area (Å²) in [7, 11) is 1.58. The number of anilines is 2. The minimum absolute atomic E-state index is 0.141. The Morgan fingerprint density at radius 1 is 1.22 bits per heavy atom. The molecule has 2 aliphatic heterocycles. The van der Waals surface area contributed by atoms with Gasteiger partial charge < -0.3 is 19.4 Å². The van der Waals surface area contributed by atoms with Crippen LogP contribution in [-0.4, -0.2) is 60.1 Å². The Morgan fingerprint density at radius 2 is 2.08 bits per heavy atom. The van der Waals surface area contributed by atoms with Crippen LogP contribution in [0.15, 0.2) is 49.1 Å². The van der Waals surface area contributed by atoms with E-state index in [1.807, 2.05) is 0 Å². The highest BCUT2D eigenvalue weighted by molar-refractivity contribution is 5.95. The van der Waals surface area contributed by atoms with Crippen molar-refractivity contribution >= 4 is 28.2 Å². The number of nitrogens with zero attached hydrogens (tertiary/aromatic N) is 6. The van der Waals surface area contributed by atoms with Crippen molar-refractivity contribution in [1.82, 2.24) is 14.9 Å². The van der Waals surface area contributed by atoms with Crippen molar-refractivity contribution in [2.45, 2.75) is 32.4 Å². The molecule has 1 fully saturated rings. The maximum atomic E-state index is 12.3. The number of aryl methyl sites for hydroxylation is 1. The molecule has 3 heterocycles. The van der Waals surface area contributed by atoms with Crippen molar-refractivity contribution in [1.29, 1.82) is 5.26 Å². The standard InChI is InChI=1S/C28H30N6O2/c1-4-26(35)34-15-14-33(17-21(34)10-12-29)27-22-11-13-32(18-24(22)30-28(31-27)36-3)25-7-5-6-20-9-8-19(2)16-23(20)25/h4-9,16,21H,1,10-11,13-15,17-18H2,2-3H3. The third-order valence-corrected chi connectivity index (χ3v) is 7.13. The van der Waals surface area contributed by atoms with Gasteiger partial charge in [-0.1, -0.05) is 36.4 Å². The topological polar surface area (TPSA) is 85.6 Å². The third kappa shape index (κ3) is 4.33. The van der Waals surface area contributed by atoms with E-state index >= 15 is 0 Å². The van der Waals surface area contributed by atoms with Crippen molar-refractivity contribution in [2.24, 2.45) is 0 Å². The number of hydrogen-bond donors (Lipinski definition) is 0. The summed E-state index contributed by atoms with van der Waals surface area (Å²) in [5, 5.41) is 11.8. The second-order valence-electron chi connectivity index (χ2n) is 9.33. The molecule has 2 aliphatic rings. The first-order valence-electron chi connectivity index (χ1n) is 12.3. The van der Waals surface area contributed by atoms with Gasteiger partial charge in [0.15, 0.2) is 0 Å². The SMILES string of the molecule is C=CC(=O)N1CCN(c2nc(OC)nc3c2CCN(c2cccc4ccc(C)cc24)C3)CC1CC#N. The second kappa shape index (κ2) is 9.86. The Balaban J connectivity index is 1.48. The van der Waals surface area contributed by atoms with E-state index in [1.54, 1.807) is 12.0 Å². The predicted molar refractivity (Wildman–Crippen MR) is 140 cm³/mol. The van der Waals surface area contributed by atoms with E-state index in [1.165, 1.54) is 28.1 Å². The molecule has 0 spiro atoms. The van der Waals surface area contributed by atoms with Crippen molar-refractivity contribution in [2.75, 3.05) is 43.1 Å². The maximum Gasteiger partial charge on any atom is 0.318 e. The number of piperazine rings is 1. The molecule has 1 aromatic heterocycles. The van der Waals surface area contributed by atoms with E-state index in [0.29, 0.717) is 32.2 Å². The lowest BCUT2D eigenvalue weighted by molar-refractivity contribution is -0.128.